The largest absolute Gasteiger partial charge is 0.258 e. The Morgan fingerprint density at radius 3 is 2.62 bits per heavy atom. The monoisotopic (exact) mass is 363 g/mol. The molecule has 1 N–H and O–H groups in total. The zero-order chi connectivity index (χ0) is 17.8. The van der Waals surface area contributed by atoms with Gasteiger partial charge >= 0.3 is 0 Å². The van der Waals surface area contributed by atoms with Crippen molar-refractivity contribution >= 4 is 11.8 Å². The number of aryl methyl sites for hydroxylation is 1. The molecule has 26 heavy (non-hydrogen) atoms. The number of hydrogen-bond donors (Lipinski definition) is 1. The highest BCUT2D eigenvalue weighted by molar-refractivity contribution is 7.98. The van der Waals surface area contributed by atoms with Gasteiger partial charge in [-0.05, 0) is 34.5 Å². The Bertz CT molecular complexity index is 976. The van der Waals surface area contributed by atoms with Gasteiger partial charge in [0.15, 0.2) is 11.6 Å². The molecule has 7 nitrogen and oxygen atoms in total. The smallest absolute Gasteiger partial charge is 0.209 e. The topological polar surface area (TPSA) is 85.2 Å². The summed E-state index contributed by atoms with van der Waals surface area (Å²) in [6.45, 7) is 2.14. The third-order valence-electron chi connectivity index (χ3n) is 3.97. The van der Waals surface area contributed by atoms with Crippen molar-refractivity contribution in [3.05, 3.63) is 66.0 Å². The molecule has 4 rings (SSSR count). The van der Waals surface area contributed by atoms with Gasteiger partial charge in [-0.1, -0.05) is 61.2 Å². The maximum absolute atomic E-state index is 4.56. The standard InChI is InChI=1S/C18H17N7S/c1-2-13-8-10-14(11-9-13)17-19-18(22-21-17)26-12-16-20-23-24-25(16)15-6-4-3-5-7-15/h3-11H,2,12H2,1H3,(H,19,21,22). The molecule has 0 saturated carbocycles. The van der Waals surface area contributed by atoms with Crippen molar-refractivity contribution in [1.82, 2.24) is 35.4 Å². The van der Waals surface area contributed by atoms with E-state index in [0.717, 1.165) is 29.3 Å². The third kappa shape index (κ3) is 3.50. The number of aromatic amines is 1. The van der Waals surface area contributed by atoms with E-state index in [-0.39, 0.29) is 0 Å². The van der Waals surface area contributed by atoms with E-state index in [0.29, 0.717) is 10.9 Å². The summed E-state index contributed by atoms with van der Waals surface area (Å²) in [5.41, 5.74) is 3.26. The van der Waals surface area contributed by atoms with Crippen molar-refractivity contribution < 1.29 is 0 Å². The molecule has 0 aliphatic heterocycles. The average Bonchev–Trinajstić information content (AvgIpc) is 3.36. The summed E-state index contributed by atoms with van der Waals surface area (Å²) in [5.74, 6) is 2.09. The van der Waals surface area contributed by atoms with Gasteiger partial charge < -0.3 is 0 Å². The molecule has 0 amide bonds. The van der Waals surface area contributed by atoms with Crippen LogP contribution in [0.1, 0.15) is 18.3 Å². The summed E-state index contributed by atoms with van der Waals surface area (Å²) < 4.78 is 1.73. The van der Waals surface area contributed by atoms with Crippen LogP contribution in [0.2, 0.25) is 0 Å². The Kier molecular flexibility index (Phi) is 4.74. The molecule has 0 saturated heterocycles. The molecule has 0 atom stereocenters. The van der Waals surface area contributed by atoms with E-state index in [2.05, 4.69) is 61.9 Å². The molecule has 8 heteroatoms. The predicted molar refractivity (Wildman–Crippen MR) is 99.9 cm³/mol. The summed E-state index contributed by atoms with van der Waals surface area (Å²) in [4.78, 5) is 4.56. The summed E-state index contributed by atoms with van der Waals surface area (Å²) in [6.07, 6.45) is 1.02. The maximum atomic E-state index is 4.56. The van der Waals surface area contributed by atoms with Crippen molar-refractivity contribution in [3.8, 4) is 17.1 Å². The molecule has 4 aromatic rings. The Morgan fingerprint density at radius 2 is 1.85 bits per heavy atom. The minimum atomic E-state index is 0.577. The number of nitrogens with one attached hydrogen (secondary N) is 1. The number of H-pyrrole nitrogens is 1. The maximum Gasteiger partial charge on any atom is 0.209 e. The van der Waals surface area contributed by atoms with Crippen LogP contribution in [0.25, 0.3) is 17.1 Å². The lowest BCUT2D eigenvalue weighted by Gasteiger charge is -2.02. The normalized spacial score (nSPS) is 11.0. The second kappa shape index (κ2) is 7.49. The minimum absolute atomic E-state index is 0.577. The van der Waals surface area contributed by atoms with Crippen LogP contribution in [0, 0.1) is 0 Å². The average molecular weight is 363 g/mol. The van der Waals surface area contributed by atoms with Crippen molar-refractivity contribution in [2.75, 3.05) is 0 Å². The van der Waals surface area contributed by atoms with Crippen molar-refractivity contribution in [2.24, 2.45) is 0 Å². The van der Waals surface area contributed by atoms with E-state index in [1.807, 2.05) is 30.3 Å². The predicted octanol–water partition coefficient (Wildman–Crippen LogP) is 3.30. The first-order valence-corrected chi connectivity index (χ1v) is 9.29. The summed E-state index contributed by atoms with van der Waals surface area (Å²) in [7, 11) is 0. The number of thioether (sulfide) groups is 1. The van der Waals surface area contributed by atoms with Crippen LogP contribution in [0.5, 0.6) is 0 Å². The Labute approximate surface area is 154 Å². The molecule has 130 valence electrons. The number of para-hydroxylation sites is 1. The SMILES string of the molecule is CCc1ccc(-c2nc(SCc3nnnn3-c3ccccc3)n[nH]2)cc1. The molecule has 0 fully saturated rings. The van der Waals surface area contributed by atoms with Crippen molar-refractivity contribution in [2.45, 2.75) is 24.3 Å². The van der Waals surface area contributed by atoms with Gasteiger partial charge in [-0.2, -0.15) is 4.68 Å². The zero-order valence-corrected chi connectivity index (χ0v) is 15.0. The molecule has 2 aromatic heterocycles. The quantitative estimate of drug-likeness (QED) is 0.529. The summed E-state index contributed by atoms with van der Waals surface area (Å²) in [5, 5.41) is 19.9. The highest BCUT2D eigenvalue weighted by Crippen LogP contribution is 2.22. The van der Waals surface area contributed by atoms with Gasteiger partial charge in [-0.25, -0.2) is 4.98 Å². The second-order valence-electron chi connectivity index (χ2n) is 5.65. The highest BCUT2D eigenvalue weighted by atomic mass is 32.2. The lowest BCUT2D eigenvalue weighted by molar-refractivity contribution is 0.777. The molecule has 0 aliphatic rings. The summed E-state index contributed by atoms with van der Waals surface area (Å²) >= 11 is 1.49. The van der Waals surface area contributed by atoms with Gasteiger partial charge in [0.2, 0.25) is 5.16 Å². The fourth-order valence-corrected chi connectivity index (χ4v) is 3.24. The Morgan fingerprint density at radius 1 is 1.04 bits per heavy atom. The molecule has 2 heterocycles. The Balaban J connectivity index is 1.46. The van der Waals surface area contributed by atoms with Crippen LogP contribution >= 0.6 is 11.8 Å². The molecular formula is C18H17N7S. The first-order valence-electron chi connectivity index (χ1n) is 8.30. The van der Waals surface area contributed by atoms with E-state index in [4.69, 9.17) is 0 Å². The van der Waals surface area contributed by atoms with Crippen molar-refractivity contribution in [3.63, 3.8) is 0 Å². The lowest BCUT2D eigenvalue weighted by Crippen LogP contribution is -2.01. The molecule has 0 aliphatic carbocycles. The van der Waals surface area contributed by atoms with Gasteiger partial charge in [0.05, 0.1) is 11.4 Å². The number of tetrazole rings is 1. The van der Waals surface area contributed by atoms with Crippen molar-refractivity contribution in [1.29, 1.82) is 0 Å². The molecule has 0 bridgehead atoms. The number of aromatic nitrogens is 7. The molecule has 0 radical (unpaired) electrons. The van der Waals surface area contributed by atoms with Gasteiger partial charge in [0.1, 0.15) is 0 Å². The summed E-state index contributed by atoms with van der Waals surface area (Å²) in [6, 6.07) is 18.2. The molecule has 0 spiro atoms. The first kappa shape index (κ1) is 16.5. The van der Waals surface area contributed by atoms with E-state index < -0.39 is 0 Å². The van der Waals surface area contributed by atoms with E-state index in [9.17, 15) is 0 Å². The molecule has 0 unspecified atom stereocenters. The van der Waals surface area contributed by atoms with Gasteiger partial charge in [0, 0.05) is 5.56 Å². The van der Waals surface area contributed by atoms with Gasteiger partial charge in [-0.15, -0.1) is 10.2 Å². The second-order valence-corrected chi connectivity index (χ2v) is 6.59. The molecule has 2 aromatic carbocycles. The van der Waals surface area contributed by atoms with E-state index in [1.165, 1.54) is 17.3 Å². The van der Waals surface area contributed by atoms with Gasteiger partial charge in [-0.3, -0.25) is 5.10 Å². The first-order chi connectivity index (χ1) is 12.8. The third-order valence-corrected chi connectivity index (χ3v) is 4.81. The van der Waals surface area contributed by atoms with Crippen LogP contribution in [0.15, 0.2) is 59.8 Å². The fraction of sp³-hybridized carbons (Fsp3) is 0.167. The van der Waals surface area contributed by atoms with Crippen LogP contribution in [0.4, 0.5) is 0 Å². The Hall–Kier alpha value is -3.00. The van der Waals surface area contributed by atoms with E-state index in [1.54, 1.807) is 4.68 Å². The van der Waals surface area contributed by atoms with Crippen LogP contribution in [0.3, 0.4) is 0 Å². The number of rotatable bonds is 6. The highest BCUT2D eigenvalue weighted by Gasteiger charge is 2.11. The number of hydrogen-bond acceptors (Lipinski definition) is 6. The van der Waals surface area contributed by atoms with Crippen LogP contribution in [-0.2, 0) is 12.2 Å². The molecular weight excluding hydrogens is 346 g/mol. The number of nitrogens with zero attached hydrogens (tertiary/aromatic N) is 6. The van der Waals surface area contributed by atoms with Crippen LogP contribution in [-0.4, -0.2) is 35.4 Å². The minimum Gasteiger partial charge on any atom is -0.258 e. The zero-order valence-electron chi connectivity index (χ0n) is 14.2. The van der Waals surface area contributed by atoms with Crippen LogP contribution < -0.4 is 0 Å². The number of benzene rings is 2. The van der Waals surface area contributed by atoms with Gasteiger partial charge in [0.25, 0.3) is 0 Å². The lowest BCUT2D eigenvalue weighted by atomic mass is 10.1. The fourth-order valence-electron chi connectivity index (χ4n) is 2.53. The van der Waals surface area contributed by atoms with E-state index >= 15 is 0 Å².